The lowest BCUT2D eigenvalue weighted by atomic mass is 10.2. The fraction of sp³-hybridized carbons (Fsp3) is 0.714. The summed E-state index contributed by atoms with van der Waals surface area (Å²) < 4.78 is 0. The van der Waals surface area contributed by atoms with Crippen LogP contribution in [0.5, 0.6) is 0 Å². The second kappa shape index (κ2) is 7.04. The summed E-state index contributed by atoms with van der Waals surface area (Å²) in [7, 11) is 2.14. The fourth-order valence-electron chi connectivity index (χ4n) is 2.35. The first-order chi connectivity index (χ1) is 9.60. The smallest absolute Gasteiger partial charge is 0.303 e. The van der Waals surface area contributed by atoms with Crippen molar-refractivity contribution in [2.75, 3.05) is 38.1 Å². The van der Waals surface area contributed by atoms with Crippen LogP contribution in [-0.4, -0.2) is 54.2 Å². The Morgan fingerprint density at radius 1 is 1.30 bits per heavy atom. The van der Waals surface area contributed by atoms with Gasteiger partial charge in [-0.3, -0.25) is 4.79 Å². The summed E-state index contributed by atoms with van der Waals surface area (Å²) in [5, 5.41) is 9.92. The van der Waals surface area contributed by atoms with Gasteiger partial charge in [-0.1, -0.05) is 13.3 Å². The van der Waals surface area contributed by atoms with Crippen LogP contribution in [-0.2, 0) is 17.6 Å². The Labute approximate surface area is 124 Å². The molecule has 1 aliphatic rings. The second-order valence-corrected chi connectivity index (χ2v) is 6.36. The topological polar surface area (TPSA) is 56.7 Å². The zero-order chi connectivity index (χ0) is 14.5. The van der Waals surface area contributed by atoms with Gasteiger partial charge in [-0.15, -0.1) is 11.3 Å². The predicted octanol–water partition coefficient (Wildman–Crippen LogP) is 1.86. The van der Waals surface area contributed by atoms with Gasteiger partial charge in [0, 0.05) is 31.1 Å². The zero-order valence-corrected chi connectivity index (χ0v) is 13.1. The van der Waals surface area contributed by atoms with Crippen LogP contribution < -0.4 is 4.90 Å². The van der Waals surface area contributed by atoms with Crippen molar-refractivity contribution in [3.8, 4) is 0 Å². The highest BCUT2D eigenvalue weighted by atomic mass is 32.1. The third-order valence-corrected chi connectivity index (χ3v) is 4.81. The largest absolute Gasteiger partial charge is 0.481 e. The molecular formula is C14H23N3O2S. The molecule has 1 fully saturated rings. The molecule has 1 aromatic heterocycles. The molecule has 6 heteroatoms. The zero-order valence-electron chi connectivity index (χ0n) is 12.3. The summed E-state index contributed by atoms with van der Waals surface area (Å²) in [6.07, 6.45) is 2.79. The minimum Gasteiger partial charge on any atom is -0.481 e. The maximum atomic E-state index is 10.8. The van der Waals surface area contributed by atoms with Crippen molar-refractivity contribution in [2.24, 2.45) is 0 Å². The first-order valence-electron chi connectivity index (χ1n) is 7.24. The molecule has 2 heterocycles. The van der Waals surface area contributed by atoms with E-state index >= 15 is 0 Å². The molecule has 5 nitrogen and oxygen atoms in total. The van der Waals surface area contributed by atoms with Gasteiger partial charge in [0.1, 0.15) is 0 Å². The molecule has 0 atom stereocenters. The van der Waals surface area contributed by atoms with Gasteiger partial charge in [0.2, 0.25) is 0 Å². The third-order valence-electron chi connectivity index (χ3n) is 3.59. The number of nitrogens with zero attached hydrogens (tertiary/aromatic N) is 3. The predicted molar refractivity (Wildman–Crippen MR) is 81.8 cm³/mol. The van der Waals surface area contributed by atoms with Crippen molar-refractivity contribution in [2.45, 2.75) is 32.6 Å². The molecule has 0 unspecified atom stereocenters. The molecule has 1 N–H and O–H groups in total. The van der Waals surface area contributed by atoms with Gasteiger partial charge in [-0.05, 0) is 19.9 Å². The van der Waals surface area contributed by atoms with Crippen LogP contribution in [0.2, 0.25) is 0 Å². The molecule has 1 aromatic rings. The molecule has 0 aromatic carbocycles. The van der Waals surface area contributed by atoms with E-state index in [0.717, 1.165) is 54.7 Å². The van der Waals surface area contributed by atoms with Crippen LogP contribution in [0.4, 0.5) is 5.13 Å². The van der Waals surface area contributed by atoms with Crippen molar-refractivity contribution in [3.63, 3.8) is 0 Å². The van der Waals surface area contributed by atoms with E-state index in [1.165, 1.54) is 0 Å². The molecule has 0 saturated carbocycles. The lowest BCUT2D eigenvalue weighted by Crippen LogP contribution is -2.44. The van der Waals surface area contributed by atoms with Gasteiger partial charge in [0.25, 0.3) is 0 Å². The molecule has 0 radical (unpaired) electrons. The number of aryl methyl sites for hydroxylation is 2. The van der Waals surface area contributed by atoms with Gasteiger partial charge in [0.05, 0.1) is 12.1 Å². The number of carboxylic acid groups (broad SMARTS) is 1. The van der Waals surface area contributed by atoms with Crippen LogP contribution in [0.15, 0.2) is 0 Å². The molecule has 112 valence electrons. The SMILES string of the molecule is CCCc1nc(N2CCN(C)CC2)sc1CCC(=O)O. The van der Waals surface area contributed by atoms with E-state index in [1.807, 2.05) is 0 Å². The number of aromatic nitrogens is 1. The van der Waals surface area contributed by atoms with Crippen molar-refractivity contribution in [1.29, 1.82) is 0 Å². The number of carboxylic acids is 1. The molecule has 2 rings (SSSR count). The van der Waals surface area contributed by atoms with Crippen molar-refractivity contribution >= 4 is 22.4 Å². The Hall–Kier alpha value is -1.14. The van der Waals surface area contributed by atoms with E-state index in [9.17, 15) is 4.79 Å². The summed E-state index contributed by atoms with van der Waals surface area (Å²) in [6.45, 7) is 6.28. The number of likely N-dealkylation sites (N-methyl/N-ethyl adjacent to an activating group) is 1. The molecule has 0 spiro atoms. The number of thiazole rings is 1. The quantitative estimate of drug-likeness (QED) is 0.868. The standard InChI is InChI=1S/C14H23N3O2S/c1-3-4-11-12(5-6-13(18)19)20-14(15-11)17-9-7-16(2)8-10-17/h3-10H2,1-2H3,(H,18,19). The summed E-state index contributed by atoms with van der Waals surface area (Å²) in [4.78, 5) is 21.3. The highest BCUT2D eigenvalue weighted by molar-refractivity contribution is 7.15. The Morgan fingerprint density at radius 3 is 2.60 bits per heavy atom. The van der Waals surface area contributed by atoms with E-state index in [1.54, 1.807) is 11.3 Å². The van der Waals surface area contributed by atoms with Gasteiger partial charge in [-0.25, -0.2) is 4.98 Å². The third kappa shape index (κ3) is 3.93. The number of rotatable bonds is 6. The lowest BCUT2D eigenvalue weighted by molar-refractivity contribution is -0.136. The fourth-order valence-corrected chi connectivity index (χ4v) is 3.51. The average molecular weight is 297 g/mol. The molecule has 1 saturated heterocycles. The first kappa shape index (κ1) is 15.3. The maximum absolute atomic E-state index is 10.8. The summed E-state index contributed by atoms with van der Waals surface area (Å²) >= 11 is 1.68. The van der Waals surface area contributed by atoms with Crippen molar-refractivity contribution in [1.82, 2.24) is 9.88 Å². The first-order valence-corrected chi connectivity index (χ1v) is 8.05. The number of hydrogen-bond acceptors (Lipinski definition) is 5. The van der Waals surface area contributed by atoms with Gasteiger partial charge >= 0.3 is 5.97 Å². The number of hydrogen-bond donors (Lipinski definition) is 1. The van der Waals surface area contributed by atoms with E-state index in [4.69, 9.17) is 10.1 Å². The maximum Gasteiger partial charge on any atom is 0.303 e. The molecule has 0 bridgehead atoms. The average Bonchev–Trinajstić information content (AvgIpc) is 2.81. The number of carbonyl (C=O) groups is 1. The Kier molecular flexibility index (Phi) is 5.37. The highest BCUT2D eigenvalue weighted by Gasteiger charge is 2.19. The van der Waals surface area contributed by atoms with Crippen LogP contribution in [0.1, 0.15) is 30.3 Å². The molecular weight excluding hydrogens is 274 g/mol. The normalized spacial score (nSPS) is 16.6. The van der Waals surface area contributed by atoms with E-state index < -0.39 is 5.97 Å². The van der Waals surface area contributed by atoms with Crippen molar-refractivity contribution < 1.29 is 9.90 Å². The van der Waals surface area contributed by atoms with Gasteiger partial charge < -0.3 is 14.9 Å². The van der Waals surface area contributed by atoms with Gasteiger partial charge in [-0.2, -0.15) is 0 Å². The van der Waals surface area contributed by atoms with Crippen molar-refractivity contribution in [3.05, 3.63) is 10.6 Å². The molecule has 1 aliphatic heterocycles. The van der Waals surface area contributed by atoms with E-state index in [-0.39, 0.29) is 6.42 Å². The van der Waals surface area contributed by atoms with Crippen LogP contribution in [0.25, 0.3) is 0 Å². The summed E-state index contributed by atoms with van der Waals surface area (Å²) in [5.41, 5.74) is 1.10. The number of piperazine rings is 1. The number of anilines is 1. The molecule has 0 aliphatic carbocycles. The summed E-state index contributed by atoms with van der Waals surface area (Å²) in [6, 6.07) is 0. The molecule has 20 heavy (non-hydrogen) atoms. The summed E-state index contributed by atoms with van der Waals surface area (Å²) in [5.74, 6) is -0.734. The Morgan fingerprint density at radius 2 is 2.00 bits per heavy atom. The number of aliphatic carboxylic acids is 1. The van der Waals surface area contributed by atoms with Crippen LogP contribution in [0.3, 0.4) is 0 Å². The monoisotopic (exact) mass is 297 g/mol. The Balaban J connectivity index is 2.09. The van der Waals surface area contributed by atoms with E-state index in [0.29, 0.717) is 6.42 Å². The molecule has 0 amide bonds. The van der Waals surface area contributed by atoms with Gasteiger partial charge in [0.15, 0.2) is 5.13 Å². The van der Waals surface area contributed by atoms with Crippen LogP contribution >= 0.6 is 11.3 Å². The minimum atomic E-state index is -0.734. The van der Waals surface area contributed by atoms with E-state index in [2.05, 4.69) is 23.8 Å². The Bertz CT molecular complexity index is 453. The lowest BCUT2D eigenvalue weighted by Gasteiger charge is -2.32. The second-order valence-electron chi connectivity index (χ2n) is 5.30. The minimum absolute atomic E-state index is 0.196. The van der Waals surface area contributed by atoms with Crippen LogP contribution in [0, 0.1) is 0 Å². The highest BCUT2D eigenvalue weighted by Crippen LogP contribution is 2.29.